The summed E-state index contributed by atoms with van der Waals surface area (Å²) in [4.78, 5) is 0. The zero-order chi connectivity index (χ0) is 15.5. The van der Waals surface area contributed by atoms with Gasteiger partial charge < -0.3 is 10.3 Å². The van der Waals surface area contributed by atoms with Crippen molar-refractivity contribution in [2.45, 2.75) is 26.3 Å². The van der Waals surface area contributed by atoms with Crippen LogP contribution in [0.1, 0.15) is 17.8 Å². The summed E-state index contributed by atoms with van der Waals surface area (Å²) in [5.41, 5.74) is 8.23. The number of nitrogens with zero attached hydrogens (tertiary/aromatic N) is 5. The molecule has 114 valence electrons. The van der Waals surface area contributed by atoms with Gasteiger partial charge in [-0.05, 0) is 25.3 Å². The van der Waals surface area contributed by atoms with E-state index in [1.54, 1.807) is 10.9 Å². The monoisotopic (exact) mass is 296 g/mol. The molecule has 3 rings (SSSR count). The van der Waals surface area contributed by atoms with Crippen LogP contribution in [0.4, 0.5) is 5.82 Å². The number of aryl methyl sites for hydroxylation is 3. The van der Waals surface area contributed by atoms with Crippen LogP contribution in [-0.2, 0) is 20.0 Å². The van der Waals surface area contributed by atoms with E-state index in [9.17, 15) is 0 Å². The van der Waals surface area contributed by atoms with Crippen LogP contribution in [0, 0.1) is 6.92 Å². The molecular weight excluding hydrogens is 276 g/mol. The van der Waals surface area contributed by atoms with Gasteiger partial charge in [0.15, 0.2) is 5.82 Å². The number of benzene rings is 1. The molecule has 0 aliphatic heterocycles. The first-order valence-corrected chi connectivity index (χ1v) is 7.38. The smallest absolute Gasteiger partial charge is 0.169 e. The van der Waals surface area contributed by atoms with Crippen molar-refractivity contribution < 1.29 is 0 Å². The lowest BCUT2D eigenvalue weighted by Crippen LogP contribution is -2.05. The van der Waals surface area contributed by atoms with Crippen molar-refractivity contribution in [2.75, 3.05) is 5.73 Å². The lowest BCUT2D eigenvalue weighted by Gasteiger charge is -2.08. The summed E-state index contributed by atoms with van der Waals surface area (Å²) >= 11 is 0. The Bertz CT molecular complexity index is 756. The summed E-state index contributed by atoms with van der Waals surface area (Å²) in [5, 5.41) is 12.6. The van der Waals surface area contributed by atoms with E-state index < -0.39 is 0 Å². The molecule has 2 heterocycles. The van der Waals surface area contributed by atoms with Crippen LogP contribution in [0.5, 0.6) is 0 Å². The molecule has 0 aliphatic carbocycles. The summed E-state index contributed by atoms with van der Waals surface area (Å²) in [5.74, 6) is 2.29. The maximum absolute atomic E-state index is 6.05. The highest BCUT2D eigenvalue weighted by Gasteiger charge is 2.16. The molecule has 0 amide bonds. The lowest BCUT2D eigenvalue weighted by molar-refractivity contribution is 0.630. The maximum atomic E-state index is 6.05. The van der Waals surface area contributed by atoms with E-state index in [0.29, 0.717) is 5.82 Å². The predicted molar refractivity (Wildman–Crippen MR) is 86.1 cm³/mol. The second kappa shape index (κ2) is 6.01. The van der Waals surface area contributed by atoms with Crippen molar-refractivity contribution in [3.63, 3.8) is 0 Å². The molecule has 3 aromatic rings. The Morgan fingerprint density at radius 1 is 1.14 bits per heavy atom. The minimum Gasteiger partial charge on any atom is -0.383 e. The molecule has 6 nitrogen and oxygen atoms in total. The van der Waals surface area contributed by atoms with Crippen molar-refractivity contribution in [3.05, 3.63) is 47.9 Å². The summed E-state index contributed by atoms with van der Waals surface area (Å²) < 4.78 is 3.75. The quantitative estimate of drug-likeness (QED) is 0.783. The number of aromatic nitrogens is 5. The highest BCUT2D eigenvalue weighted by molar-refractivity contribution is 5.68. The molecule has 0 saturated carbocycles. The van der Waals surface area contributed by atoms with Gasteiger partial charge in [-0.1, -0.05) is 30.3 Å². The minimum absolute atomic E-state index is 0.608. The van der Waals surface area contributed by atoms with Gasteiger partial charge in [-0.15, -0.1) is 10.2 Å². The Labute approximate surface area is 129 Å². The zero-order valence-corrected chi connectivity index (χ0v) is 12.9. The van der Waals surface area contributed by atoms with Crippen molar-refractivity contribution >= 4 is 5.82 Å². The van der Waals surface area contributed by atoms with Gasteiger partial charge in [0.05, 0.1) is 11.8 Å². The Morgan fingerprint density at radius 2 is 1.91 bits per heavy atom. The second-order valence-electron chi connectivity index (χ2n) is 5.38. The van der Waals surface area contributed by atoms with Gasteiger partial charge in [-0.25, -0.2) is 0 Å². The summed E-state index contributed by atoms with van der Waals surface area (Å²) in [6.07, 6.45) is 3.79. The van der Waals surface area contributed by atoms with E-state index in [2.05, 4.69) is 44.1 Å². The van der Waals surface area contributed by atoms with E-state index in [4.69, 9.17) is 5.73 Å². The molecule has 1 aromatic carbocycles. The van der Waals surface area contributed by atoms with Crippen LogP contribution in [0.25, 0.3) is 11.4 Å². The molecule has 22 heavy (non-hydrogen) atoms. The number of rotatable bonds is 5. The molecule has 6 heteroatoms. The molecule has 0 atom stereocenters. The molecular formula is C16H20N6. The average Bonchev–Trinajstić information content (AvgIpc) is 3.05. The number of hydrogen-bond acceptors (Lipinski definition) is 4. The van der Waals surface area contributed by atoms with Gasteiger partial charge >= 0.3 is 0 Å². The Kier molecular flexibility index (Phi) is 3.91. The van der Waals surface area contributed by atoms with E-state index in [0.717, 1.165) is 36.6 Å². The summed E-state index contributed by atoms with van der Waals surface area (Å²) in [7, 11) is 1.82. The molecule has 0 unspecified atom stereocenters. The van der Waals surface area contributed by atoms with Crippen molar-refractivity contribution in [1.82, 2.24) is 24.5 Å². The van der Waals surface area contributed by atoms with Crippen LogP contribution in [-0.4, -0.2) is 24.5 Å². The summed E-state index contributed by atoms with van der Waals surface area (Å²) in [6.45, 7) is 2.82. The second-order valence-corrected chi connectivity index (χ2v) is 5.38. The number of nitrogen functional groups attached to an aromatic ring is 1. The van der Waals surface area contributed by atoms with Gasteiger partial charge in [0.1, 0.15) is 11.6 Å². The third-order valence-corrected chi connectivity index (χ3v) is 3.85. The van der Waals surface area contributed by atoms with Gasteiger partial charge in [0.2, 0.25) is 0 Å². The standard InChI is InChI=1S/C16H20N6/c1-12-19-20-16(14-11-18-21(2)15(14)17)22(12)10-6-9-13-7-4-3-5-8-13/h3-5,7-8,11H,6,9-10,17H2,1-2H3. The first-order valence-electron chi connectivity index (χ1n) is 7.38. The molecule has 2 N–H and O–H groups in total. The van der Waals surface area contributed by atoms with Crippen LogP contribution < -0.4 is 5.73 Å². The first-order chi connectivity index (χ1) is 10.7. The molecule has 0 bridgehead atoms. The first kappa shape index (κ1) is 14.3. The average molecular weight is 296 g/mol. The van der Waals surface area contributed by atoms with Crippen LogP contribution >= 0.6 is 0 Å². The van der Waals surface area contributed by atoms with Crippen molar-refractivity contribution in [3.8, 4) is 11.4 Å². The SMILES string of the molecule is Cc1nnc(-c2cnn(C)c2N)n1CCCc1ccccc1. The van der Waals surface area contributed by atoms with E-state index in [-0.39, 0.29) is 0 Å². The van der Waals surface area contributed by atoms with Crippen LogP contribution in [0.2, 0.25) is 0 Å². The minimum atomic E-state index is 0.608. The largest absolute Gasteiger partial charge is 0.383 e. The van der Waals surface area contributed by atoms with Gasteiger partial charge in [-0.2, -0.15) is 5.10 Å². The third kappa shape index (κ3) is 2.72. The van der Waals surface area contributed by atoms with E-state index in [1.807, 2.05) is 20.0 Å². The highest BCUT2D eigenvalue weighted by atomic mass is 15.3. The van der Waals surface area contributed by atoms with Gasteiger partial charge in [-0.3, -0.25) is 4.68 Å². The number of hydrogen-bond donors (Lipinski definition) is 1. The van der Waals surface area contributed by atoms with E-state index in [1.165, 1.54) is 5.56 Å². The van der Waals surface area contributed by atoms with E-state index >= 15 is 0 Å². The third-order valence-electron chi connectivity index (χ3n) is 3.85. The maximum Gasteiger partial charge on any atom is 0.169 e. The number of nitrogens with two attached hydrogens (primary N) is 1. The molecule has 0 fully saturated rings. The topological polar surface area (TPSA) is 74.6 Å². The fraction of sp³-hybridized carbons (Fsp3) is 0.312. The fourth-order valence-corrected chi connectivity index (χ4v) is 2.55. The predicted octanol–water partition coefficient (Wildman–Crippen LogP) is 2.20. The molecule has 0 spiro atoms. The molecule has 0 radical (unpaired) electrons. The Morgan fingerprint density at radius 3 is 2.59 bits per heavy atom. The van der Waals surface area contributed by atoms with Gasteiger partial charge in [0.25, 0.3) is 0 Å². The molecule has 0 aliphatic rings. The Balaban J connectivity index is 1.77. The molecule has 0 saturated heterocycles. The fourth-order valence-electron chi connectivity index (χ4n) is 2.55. The zero-order valence-electron chi connectivity index (χ0n) is 12.9. The Hall–Kier alpha value is -2.63. The van der Waals surface area contributed by atoms with Crippen molar-refractivity contribution in [2.24, 2.45) is 7.05 Å². The molecule has 2 aromatic heterocycles. The number of anilines is 1. The summed E-state index contributed by atoms with van der Waals surface area (Å²) in [6, 6.07) is 10.5. The van der Waals surface area contributed by atoms with Gasteiger partial charge in [0, 0.05) is 13.6 Å². The highest BCUT2D eigenvalue weighted by Crippen LogP contribution is 2.24. The normalized spacial score (nSPS) is 11.0. The van der Waals surface area contributed by atoms with Crippen molar-refractivity contribution in [1.29, 1.82) is 0 Å². The van der Waals surface area contributed by atoms with Crippen LogP contribution in [0.15, 0.2) is 36.5 Å². The lowest BCUT2D eigenvalue weighted by atomic mass is 10.1. The van der Waals surface area contributed by atoms with Crippen LogP contribution in [0.3, 0.4) is 0 Å².